The third-order valence-corrected chi connectivity index (χ3v) is 2.80. The Bertz CT molecular complexity index is 578. The highest BCUT2D eigenvalue weighted by Gasteiger charge is 2.06. The third-order valence-electron chi connectivity index (χ3n) is 2.80. The van der Waals surface area contributed by atoms with Gasteiger partial charge in [0.25, 0.3) is 0 Å². The van der Waals surface area contributed by atoms with Gasteiger partial charge in [-0.2, -0.15) is 0 Å². The zero-order chi connectivity index (χ0) is 11.5. The van der Waals surface area contributed by atoms with Gasteiger partial charge >= 0.3 is 0 Å². The van der Waals surface area contributed by atoms with Crippen molar-refractivity contribution in [3.63, 3.8) is 0 Å². The van der Waals surface area contributed by atoms with Crippen LogP contribution in [0.15, 0.2) is 71.5 Å². The Balaban J connectivity index is 1.92. The lowest BCUT2D eigenvalue weighted by Gasteiger charge is -2.07. The van der Waals surface area contributed by atoms with E-state index < -0.39 is 0 Å². The van der Waals surface area contributed by atoms with Gasteiger partial charge in [-0.1, -0.05) is 30.3 Å². The molecule has 3 rings (SSSR count). The van der Waals surface area contributed by atoms with Crippen molar-refractivity contribution in [2.45, 2.75) is 6.54 Å². The van der Waals surface area contributed by atoms with Crippen LogP contribution in [-0.4, -0.2) is 4.57 Å². The number of furan rings is 1. The monoisotopic (exact) mass is 223 g/mol. The molecule has 0 aliphatic rings. The van der Waals surface area contributed by atoms with Gasteiger partial charge < -0.3 is 8.98 Å². The van der Waals surface area contributed by atoms with Gasteiger partial charge in [0.1, 0.15) is 5.76 Å². The van der Waals surface area contributed by atoms with Crippen LogP contribution in [0.25, 0.3) is 11.5 Å². The molecule has 0 bridgehead atoms. The summed E-state index contributed by atoms with van der Waals surface area (Å²) >= 11 is 0. The average Bonchev–Trinajstić information content (AvgIpc) is 3.00. The fourth-order valence-corrected chi connectivity index (χ4v) is 1.98. The summed E-state index contributed by atoms with van der Waals surface area (Å²) in [4.78, 5) is 0. The second-order valence-corrected chi connectivity index (χ2v) is 3.98. The van der Waals surface area contributed by atoms with E-state index >= 15 is 0 Å². The molecule has 0 spiro atoms. The summed E-state index contributed by atoms with van der Waals surface area (Å²) in [7, 11) is 0. The molecule has 0 fully saturated rings. The molecule has 0 N–H and O–H groups in total. The summed E-state index contributed by atoms with van der Waals surface area (Å²) in [5.41, 5.74) is 2.40. The van der Waals surface area contributed by atoms with E-state index in [-0.39, 0.29) is 0 Å². The van der Waals surface area contributed by atoms with Crippen LogP contribution in [0.2, 0.25) is 0 Å². The van der Waals surface area contributed by atoms with E-state index in [1.807, 2.05) is 24.3 Å². The highest BCUT2D eigenvalue weighted by atomic mass is 16.3. The van der Waals surface area contributed by atoms with Gasteiger partial charge in [-0.05, 0) is 29.8 Å². The zero-order valence-electron chi connectivity index (χ0n) is 9.41. The van der Waals surface area contributed by atoms with E-state index in [2.05, 4.69) is 41.1 Å². The number of nitrogens with zero attached hydrogens (tertiary/aromatic N) is 1. The Morgan fingerprint density at radius 2 is 1.76 bits per heavy atom. The number of hydrogen-bond acceptors (Lipinski definition) is 1. The summed E-state index contributed by atoms with van der Waals surface area (Å²) in [6.07, 6.45) is 3.78. The normalized spacial score (nSPS) is 10.6. The molecule has 3 aromatic rings. The van der Waals surface area contributed by atoms with Crippen LogP contribution in [0.3, 0.4) is 0 Å². The molecule has 0 atom stereocenters. The summed E-state index contributed by atoms with van der Waals surface area (Å²) in [6, 6.07) is 18.4. The van der Waals surface area contributed by atoms with Crippen LogP contribution < -0.4 is 0 Å². The SMILES string of the molecule is c1ccc(Cn2cccc2-c2ccco2)cc1. The molecule has 0 saturated heterocycles. The topological polar surface area (TPSA) is 18.1 Å². The molecule has 0 amide bonds. The molecule has 2 nitrogen and oxygen atoms in total. The molecule has 0 aliphatic heterocycles. The smallest absolute Gasteiger partial charge is 0.150 e. The van der Waals surface area contributed by atoms with E-state index in [0.717, 1.165) is 18.0 Å². The van der Waals surface area contributed by atoms with E-state index in [1.54, 1.807) is 6.26 Å². The standard InChI is InChI=1S/C15H13NO/c1-2-6-13(7-3-1)12-16-10-4-8-14(16)15-9-5-11-17-15/h1-11H,12H2. The van der Waals surface area contributed by atoms with Gasteiger partial charge in [0, 0.05) is 12.7 Å². The number of aromatic nitrogens is 1. The molecule has 84 valence electrons. The van der Waals surface area contributed by atoms with Gasteiger partial charge in [-0.3, -0.25) is 0 Å². The largest absolute Gasteiger partial charge is 0.463 e. The lowest BCUT2D eigenvalue weighted by atomic mass is 10.2. The molecule has 1 aromatic carbocycles. The summed E-state index contributed by atoms with van der Waals surface area (Å²) in [5, 5.41) is 0. The Morgan fingerprint density at radius 3 is 2.53 bits per heavy atom. The minimum absolute atomic E-state index is 0.865. The Labute approximate surface area is 100 Å². The van der Waals surface area contributed by atoms with Crippen molar-refractivity contribution in [2.24, 2.45) is 0 Å². The molecule has 0 unspecified atom stereocenters. The van der Waals surface area contributed by atoms with Gasteiger partial charge in [0.2, 0.25) is 0 Å². The van der Waals surface area contributed by atoms with Crippen molar-refractivity contribution in [2.75, 3.05) is 0 Å². The van der Waals surface area contributed by atoms with Crippen molar-refractivity contribution in [1.82, 2.24) is 4.57 Å². The van der Waals surface area contributed by atoms with E-state index in [9.17, 15) is 0 Å². The van der Waals surface area contributed by atoms with Gasteiger partial charge in [-0.25, -0.2) is 0 Å². The van der Waals surface area contributed by atoms with Gasteiger partial charge in [0.15, 0.2) is 0 Å². The maximum atomic E-state index is 5.44. The lowest BCUT2D eigenvalue weighted by molar-refractivity contribution is 0.575. The molecule has 2 aromatic heterocycles. The van der Waals surface area contributed by atoms with Crippen molar-refractivity contribution in [3.05, 3.63) is 72.6 Å². The van der Waals surface area contributed by atoms with Crippen LogP contribution in [0, 0.1) is 0 Å². The maximum absolute atomic E-state index is 5.44. The lowest BCUT2D eigenvalue weighted by Crippen LogP contribution is -1.99. The highest BCUT2D eigenvalue weighted by molar-refractivity contribution is 5.53. The third kappa shape index (κ3) is 2.02. The van der Waals surface area contributed by atoms with E-state index in [1.165, 1.54) is 5.56 Å². The second kappa shape index (κ2) is 4.34. The zero-order valence-corrected chi connectivity index (χ0v) is 9.41. The van der Waals surface area contributed by atoms with Crippen LogP contribution in [-0.2, 0) is 6.54 Å². The Morgan fingerprint density at radius 1 is 0.882 bits per heavy atom. The van der Waals surface area contributed by atoms with Crippen LogP contribution in [0.1, 0.15) is 5.56 Å². The molecule has 0 saturated carbocycles. The number of rotatable bonds is 3. The molecule has 2 heteroatoms. The summed E-state index contributed by atoms with van der Waals surface area (Å²) in [6.45, 7) is 0.865. The van der Waals surface area contributed by atoms with Gasteiger partial charge in [-0.15, -0.1) is 0 Å². The quantitative estimate of drug-likeness (QED) is 0.660. The van der Waals surface area contributed by atoms with Crippen molar-refractivity contribution in [1.29, 1.82) is 0 Å². The first-order valence-corrected chi connectivity index (χ1v) is 5.66. The first kappa shape index (κ1) is 9.97. The molecule has 0 radical (unpaired) electrons. The van der Waals surface area contributed by atoms with Crippen molar-refractivity contribution in [3.8, 4) is 11.5 Å². The molecular weight excluding hydrogens is 210 g/mol. The predicted octanol–water partition coefficient (Wildman–Crippen LogP) is 3.80. The summed E-state index contributed by atoms with van der Waals surface area (Å²) < 4.78 is 7.62. The fourth-order valence-electron chi connectivity index (χ4n) is 1.98. The Hall–Kier alpha value is -2.22. The second-order valence-electron chi connectivity index (χ2n) is 3.98. The average molecular weight is 223 g/mol. The number of hydrogen-bond donors (Lipinski definition) is 0. The first-order valence-electron chi connectivity index (χ1n) is 5.66. The minimum atomic E-state index is 0.865. The molecule has 2 heterocycles. The van der Waals surface area contributed by atoms with Crippen molar-refractivity contribution >= 4 is 0 Å². The summed E-state index contributed by atoms with van der Waals surface area (Å²) in [5.74, 6) is 0.908. The first-order chi connectivity index (χ1) is 8.43. The van der Waals surface area contributed by atoms with Crippen LogP contribution >= 0.6 is 0 Å². The van der Waals surface area contributed by atoms with Crippen LogP contribution in [0.4, 0.5) is 0 Å². The fraction of sp³-hybridized carbons (Fsp3) is 0.0667. The molecule has 0 aliphatic carbocycles. The Kier molecular flexibility index (Phi) is 2.54. The van der Waals surface area contributed by atoms with E-state index in [0.29, 0.717) is 0 Å². The van der Waals surface area contributed by atoms with Gasteiger partial charge in [0.05, 0.1) is 12.0 Å². The molecular formula is C15H13NO. The molecule has 17 heavy (non-hydrogen) atoms. The van der Waals surface area contributed by atoms with Crippen LogP contribution in [0.5, 0.6) is 0 Å². The van der Waals surface area contributed by atoms with Crippen molar-refractivity contribution < 1.29 is 4.42 Å². The predicted molar refractivity (Wildman–Crippen MR) is 67.7 cm³/mol. The van der Waals surface area contributed by atoms with E-state index in [4.69, 9.17) is 4.42 Å². The maximum Gasteiger partial charge on any atom is 0.150 e. The number of benzene rings is 1. The minimum Gasteiger partial charge on any atom is -0.463 e. The highest BCUT2D eigenvalue weighted by Crippen LogP contribution is 2.21.